The molecule has 4 N–H and O–H groups in total. The summed E-state index contributed by atoms with van der Waals surface area (Å²) in [6.45, 7) is 5.79. The number of phenols is 1. The van der Waals surface area contributed by atoms with Crippen molar-refractivity contribution in [2.24, 2.45) is 5.73 Å². The predicted molar refractivity (Wildman–Crippen MR) is 76.6 cm³/mol. The van der Waals surface area contributed by atoms with Gasteiger partial charge in [0.25, 0.3) is 0 Å². The van der Waals surface area contributed by atoms with Gasteiger partial charge in [0.15, 0.2) is 5.82 Å². The van der Waals surface area contributed by atoms with Crippen LogP contribution < -0.4 is 11.4 Å². The second-order valence-corrected chi connectivity index (χ2v) is 5.87. The number of benzene rings is 1. The van der Waals surface area contributed by atoms with Crippen LogP contribution >= 0.6 is 0 Å². The van der Waals surface area contributed by atoms with E-state index < -0.39 is 6.04 Å². The molecule has 1 unspecified atom stereocenters. The molecule has 0 saturated carbocycles. The van der Waals surface area contributed by atoms with E-state index in [1.165, 1.54) is 0 Å². The molecule has 0 aliphatic rings. The Bertz CT molecular complexity index is 634. The predicted octanol–water partition coefficient (Wildman–Crippen LogP) is 1.27. The first-order valence-corrected chi connectivity index (χ1v) is 6.50. The molecule has 0 bridgehead atoms. The van der Waals surface area contributed by atoms with E-state index in [0.29, 0.717) is 12.2 Å². The first-order chi connectivity index (χ1) is 9.29. The molecule has 0 aliphatic heterocycles. The molecule has 6 heteroatoms. The third-order valence-electron chi connectivity index (χ3n) is 3.09. The molecule has 20 heavy (non-hydrogen) atoms. The lowest BCUT2D eigenvalue weighted by Gasteiger charge is -2.23. The van der Waals surface area contributed by atoms with Crippen molar-refractivity contribution in [3.05, 3.63) is 46.1 Å². The number of nitrogens with one attached hydrogen (secondary N) is 1. The van der Waals surface area contributed by atoms with E-state index in [1.807, 2.05) is 20.8 Å². The maximum atomic E-state index is 11.8. The third kappa shape index (κ3) is 2.91. The summed E-state index contributed by atoms with van der Waals surface area (Å²) in [6.07, 6.45) is 0.542. The molecular formula is C14H20N4O2. The van der Waals surface area contributed by atoms with Gasteiger partial charge >= 0.3 is 5.69 Å². The van der Waals surface area contributed by atoms with Crippen LogP contribution in [0.4, 0.5) is 0 Å². The van der Waals surface area contributed by atoms with E-state index in [0.717, 1.165) is 5.56 Å². The molecule has 6 nitrogen and oxygen atoms in total. The van der Waals surface area contributed by atoms with Gasteiger partial charge in [-0.15, -0.1) is 0 Å². The van der Waals surface area contributed by atoms with E-state index >= 15 is 0 Å². The van der Waals surface area contributed by atoms with Gasteiger partial charge in [0.05, 0.1) is 6.04 Å². The molecule has 0 aliphatic carbocycles. The Hall–Kier alpha value is -2.08. The van der Waals surface area contributed by atoms with Gasteiger partial charge in [-0.2, -0.15) is 5.10 Å². The van der Waals surface area contributed by atoms with Crippen LogP contribution in [0.25, 0.3) is 0 Å². The maximum absolute atomic E-state index is 11.8. The van der Waals surface area contributed by atoms with E-state index in [-0.39, 0.29) is 17.0 Å². The van der Waals surface area contributed by atoms with E-state index in [1.54, 1.807) is 28.8 Å². The molecule has 108 valence electrons. The molecular weight excluding hydrogens is 256 g/mol. The second-order valence-electron chi connectivity index (χ2n) is 5.87. The van der Waals surface area contributed by atoms with Crippen molar-refractivity contribution in [2.75, 3.05) is 0 Å². The zero-order chi connectivity index (χ0) is 14.9. The number of phenolic OH excluding ortho intramolecular Hbond substituents is 1. The molecule has 2 aromatic rings. The zero-order valence-electron chi connectivity index (χ0n) is 11.9. The van der Waals surface area contributed by atoms with Crippen molar-refractivity contribution in [2.45, 2.75) is 38.8 Å². The van der Waals surface area contributed by atoms with Crippen LogP contribution in [0.1, 0.15) is 38.2 Å². The van der Waals surface area contributed by atoms with Crippen molar-refractivity contribution >= 4 is 0 Å². The standard InChI is InChI=1S/C14H20N4O2/c1-14(2,3)18-12(16-17-13(18)20)11(15)8-9-4-6-10(19)7-5-9/h4-7,11,19H,8,15H2,1-3H3,(H,17,20). The normalized spacial score (nSPS) is 13.4. The highest BCUT2D eigenvalue weighted by molar-refractivity contribution is 5.26. The number of aromatic amines is 1. The number of hydrogen-bond donors (Lipinski definition) is 3. The van der Waals surface area contributed by atoms with Crippen LogP contribution in [0.2, 0.25) is 0 Å². The highest BCUT2D eigenvalue weighted by Gasteiger charge is 2.24. The number of hydrogen-bond acceptors (Lipinski definition) is 4. The van der Waals surface area contributed by atoms with Gasteiger partial charge < -0.3 is 10.8 Å². The van der Waals surface area contributed by atoms with Crippen LogP contribution in [0, 0.1) is 0 Å². The summed E-state index contributed by atoms with van der Waals surface area (Å²) in [5.74, 6) is 0.754. The van der Waals surface area contributed by atoms with Crippen LogP contribution in [0.15, 0.2) is 29.1 Å². The Kier molecular flexibility index (Phi) is 3.67. The summed E-state index contributed by atoms with van der Waals surface area (Å²) < 4.78 is 1.58. The SMILES string of the molecule is CC(C)(C)n1c(C(N)Cc2ccc(O)cc2)n[nH]c1=O. The zero-order valence-corrected chi connectivity index (χ0v) is 11.9. The van der Waals surface area contributed by atoms with Gasteiger partial charge in [-0.1, -0.05) is 12.1 Å². The minimum Gasteiger partial charge on any atom is -0.508 e. The van der Waals surface area contributed by atoms with E-state index in [2.05, 4.69) is 10.2 Å². The van der Waals surface area contributed by atoms with E-state index in [9.17, 15) is 9.90 Å². The molecule has 0 spiro atoms. The van der Waals surface area contributed by atoms with Crippen LogP contribution in [0.5, 0.6) is 5.75 Å². The summed E-state index contributed by atoms with van der Waals surface area (Å²) in [6, 6.07) is 6.45. The number of aromatic hydroxyl groups is 1. The third-order valence-corrected chi connectivity index (χ3v) is 3.09. The van der Waals surface area contributed by atoms with Gasteiger partial charge in [0, 0.05) is 5.54 Å². The number of H-pyrrole nitrogens is 1. The molecule has 0 radical (unpaired) electrons. The summed E-state index contributed by atoms with van der Waals surface area (Å²) in [5, 5.41) is 15.8. The fourth-order valence-corrected chi connectivity index (χ4v) is 2.18. The van der Waals surface area contributed by atoms with Crippen molar-refractivity contribution < 1.29 is 5.11 Å². The van der Waals surface area contributed by atoms with Crippen LogP contribution in [-0.4, -0.2) is 19.9 Å². The van der Waals surface area contributed by atoms with Crippen LogP contribution in [-0.2, 0) is 12.0 Å². The topological polar surface area (TPSA) is 96.9 Å². The molecule has 0 fully saturated rings. The second kappa shape index (κ2) is 5.13. The van der Waals surface area contributed by atoms with E-state index in [4.69, 9.17) is 5.73 Å². The van der Waals surface area contributed by atoms with Gasteiger partial charge in [-0.05, 0) is 44.9 Å². The average Bonchev–Trinajstić information content (AvgIpc) is 2.74. The van der Waals surface area contributed by atoms with Crippen molar-refractivity contribution in [3.63, 3.8) is 0 Å². The minimum absolute atomic E-state index is 0.216. The van der Waals surface area contributed by atoms with Crippen LogP contribution in [0.3, 0.4) is 0 Å². The number of nitrogens with zero attached hydrogens (tertiary/aromatic N) is 2. The molecule has 0 saturated heterocycles. The largest absolute Gasteiger partial charge is 0.508 e. The van der Waals surface area contributed by atoms with Gasteiger partial charge in [0.2, 0.25) is 0 Å². The van der Waals surface area contributed by atoms with Gasteiger partial charge in [-0.25, -0.2) is 9.89 Å². The molecule has 0 amide bonds. The smallest absolute Gasteiger partial charge is 0.343 e. The summed E-state index contributed by atoms with van der Waals surface area (Å²) in [7, 11) is 0. The minimum atomic E-state index is -0.391. The Morgan fingerprint density at radius 3 is 2.50 bits per heavy atom. The highest BCUT2D eigenvalue weighted by atomic mass is 16.3. The Balaban J connectivity index is 2.28. The summed E-state index contributed by atoms with van der Waals surface area (Å²) in [4.78, 5) is 11.8. The first-order valence-electron chi connectivity index (χ1n) is 6.50. The van der Waals surface area contributed by atoms with Gasteiger partial charge in [0.1, 0.15) is 5.75 Å². The molecule has 1 atom stereocenters. The lowest BCUT2D eigenvalue weighted by molar-refractivity contribution is 0.361. The Morgan fingerprint density at radius 2 is 1.95 bits per heavy atom. The van der Waals surface area contributed by atoms with Crippen molar-refractivity contribution in [1.82, 2.24) is 14.8 Å². The lowest BCUT2D eigenvalue weighted by Crippen LogP contribution is -2.35. The summed E-state index contributed by atoms with van der Waals surface area (Å²) >= 11 is 0. The molecule has 1 aromatic carbocycles. The molecule has 2 rings (SSSR count). The first kappa shape index (κ1) is 14.3. The fourth-order valence-electron chi connectivity index (χ4n) is 2.18. The number of rotatable bonds is 3. The van der Waals surface area contributed by atoms with Gasteiger partial charge in [-0.3, -0.25) is 4.57 Å². The number of nitrogens with two attached hydrogens (primary N) is 1. The lowest BCUT2D eigenvalue weighted by atomic mass is 10.0. The Labute approximate surface area is 117 Å². The summed E-state index contributed by atoms with van der Waals surface area (Å²) in [5.41, 5.74) is 6.51. The number of aromatic nitrogens is 3. The monoisotopic (exact) mass is 276 g/mol. The van der Waals surface area contributed by atoms with Crippen molar-refractivity contribution in [3.8, 4) is 5.75 Å². The maximum Gasteiger partial charge on any atom is 0.343 e. The quantitative estimate of drug-likeness (QED) is 0.786. The van der Waals surface area contributed by atoms with Crippen molar-refractivity contribution in [1.29, 1.82) is 0 Å². The molecule has 1 heterocycles. The molecule has 1 aromatic heterocycles. The average molecular weight is 276 g/mol. The highest BCUT2D eigenvalue weighted by Crippen LogP contribution is 2.20. The fraction of sp³-hybridized carbons (Fsp3) is 0.429. The Morgan fingerprint density at radius 1 is 1.35 bits per heavy atom.